The molecule has 0 fully saturated rings. The molecule has 0 unspecified atom stereocenters. The third-order valence-corrected chi connectivity index (χ3v) is 1.60. The maximum absolute atomic E-state index is 12.0. The number of alkyl halides is 3. The molecule has 62 valence electrons. The molecule has 0 heterocycles. The van der Waals surface area contributed by atoms with Gasteiger partial charge in [-0.05, 0) is 12.1 Å². The third kappa shape index (κ3) is 3.01. The molecule has 0 saturated heterocycles. The first-order valence-electron chi connectivity index (χ1n) is 2.87. The zero-order valence-electron chi connectivity index (χ0n) is 5.39. The van der Waals surface area contributed by atoms with E-state index >= 15 is 0 Å². The normalized spacial score (nSPS) is 10.7. The molecule has 1 rings (SSSR count). The van der Waals surface area contributed by atoms with Crippen LogP contribution in [0.1, 0.15) is 5.56 Å². The van der Waals surface area contributed by atoms with Gasteiger partial charge < -0.3 is 0 Å². The molecule has 0 spiro atoms. The van der Waals surface area contributed by atoms with Crippen LogP contribution in [0.4, 0.5) is 13.2 Å². The first-order valence-corrected chi connectivity index (χ1v) is 3.32. The van der Waals surface area contributed by atoms with Gasteiger partial charge in [0.15, 0.2) is 0 Å². The summed E-state index contributed by atoms with van der Waals surface area (Å²) in [6.45, 7) is 0. The second-order valence-corrected chi connectivity index (χ2v) is 2.50. The zero-order chi connectivity index (χ0) is 8.48. The van der Waals surface area contributed by atoms with Crippen LogP contribution in [0.15, 0.2) is 29.2 Å². The molecule has 0 aliphatic heterocycles. The average Bonchev–Trinajstić information content (AvgIpc) is 1.86. The van der Waals surface area contributed by atoms with Crippen LogP contribution >= 0.6 is 12.6 Å². The van der Waals surface area contributed by atoms with Crippen LogP contribution in [0, 0.1) is 0 Å². The van der Waals surface area contributed by atoms with Crippen LogP contribution in [-0.2, 0) is 6.18 Å². The van der Waals surface area contributed by atoms with Crippen molar-refractivity contribution in [3.63, 3.8) is 0 Å². The predicted molar refractivity (Wildman–Crippen MR) is 45.8 cm³/mol. The fourth-order valence-electron chi connectivity index (χ4n) is 0.713. The van der Waals surface area contributed by atoms with E-state index in [-0.39, 0.29) is 34.5 Å². The van der Waals surface area contributed by atoms with Crippen LogP contribution in [0.5, 0.6) is 0 Å². The molecule has 0 radical (unpaired) electrons. The number of benzene rings is 1. The molecule has 5 heteroatoms. The Kier molecular flexibility index (Phi) is 4.69. The van der Waals surface area contributed by atoms with Gasteiger partial charge in [0.25, 0.3) is 0 Å². The van der Waals surface area contributed by atoms with Crippen molar-refractivity contribution in [1.82, 2.24) is 0 Å². The van der Waals surface area contributed by atoms with Crippen molar-refractivity contribution in [2.24, 2.45) is 0 Å². The Bertz CT molecular complexity index is 259. The molecule has 0 amide bonds. The molecule has 0 N–H and O–H groups in total. The van der Waals surface area contributed by atoms with Crippen LogP contribution < -0.4 is 0 Å². The second kappa shape index (κ2) is 4.56. The first-order chi connectivity index (χ1) is 5.02. The van der Waals surface area contributed by atoms with E-state index in [0.717, 1.165) is 6.07 Å². The maximum atomic E-state index is 12.0. The molecule has 0 nitrogen and oxygen atoms in total. The number of thiol groups is 1. The summed E-state index contributed by atoms with van der Waals surface area (Å²) in [6, 6.07) is 5.16. The van der Waals surface area contributed by atoms with E-state index in [1.54, 1.807) is 0 Å². The van der Waals surface area contributed by atoms with E-state index in [1.807, 2.05) is 0 Å². The van der Waals surface area contributed by atoms with Crippen LogP contribution in [0.2, 0.25) is 0 Å². The van der Waals surface area contributed by atoms with Gasteiger partial charge >= 0.3 is 35.7 Å². The fraction of sp³-hybridized carbons (Fsp3) is 0.143. The van der Waals surface area contributed by atoms with Gasteiger partial charge in [-0.2, -0.15) is 13.2 Å². The summed E-state index contributed by atoms with van der Waals surface area (Å²) in [5, 5.41) is 0. The standard InChI is InChI=1S/C7H5F3S.Na.H/c8-7(9,10)5-3-1-2-4-6(5)11;;/h1-4,11H;;. The molecular formula is C7H6F3NaS. The summed E-state index contributed by atoms with van der Waals surface area (Å²) in [4.78, 5) is -0.0417. The molecule has 1 aromatic rings. The Morgan fingerprint density at radius 1 is 1.08 bits per heavy atom. The Morgan fingerprint density at radius 3 is 1.92 bits per heavy atom. The Labute approximate surface area is 95.9 Å². The third-order valence-electron chi connectivity index (χ3n) is 1.21. The average molecular weight is 202 g/mol. The summed E-state index contributed by atoms with van der Waals surface area (Å²) in [7, 11) is 0. The van der Waals surface area contributed by atoms with Gasteiger partial charge in [0, 0.05) is 4.90 Å². The van der Waals surface area contributed by atoms with Gasteiger partial charge in [0.1, 0.15) is 0 Å². The van der Waals surface area contributed by atoms with Gasteiger partial charge in [-0.15, -0.1) is 12.6 Å². The van der Waals surface area contributed by atoms with E-state index in [1.165, 1.54) is 18.2 Å². The summed E-state index contributed by atoms with van der Waals surface area (Å²) < 4.78 is 36.0. The van der Waals surface area contributed by atoms with E-state index in [2.05, 4.69) is 12.6 Å². The van der Waals surface area contributed by atoms with Crippen LogP contribution in [0.3, 0.4) is 0 Å². The van der Waals surface area contributed by atoms with Crippen LogP contribution in [0.25, 0.3) is 0 Å². The van der Waals surface area contributed by atoms with Crippen molar-refractivity contribution < 1.29 is 13.2 Å². The number of hydrogen-bond acceptors (Lipinski definition) is 1. The van der Waals surface area contributed by atoms with Gasteiger partial charge in [0.2, 0.25) is 0 Å². The minimum atomic E-state index is -4.29. The number of rotatable bonds is 0. The quantitative estimate of drug-likeness (QED) is 0.484. The summed E-state index contributed by atoms with van der Waals surface area (Å²) >= 11 is 3.67. The van der Waals surface area contributed by atoms with Gasteiger partial charge in [-0.1, -0.05) is 12.1 Å². The SMILES string of the molecule is FC(F)(F)c1ccccc1S.[NaH]. The first kappa shape index (κ1) is 12.4. The van der Waals surface area contributed by atoms with E-state index in [4.69, 9.17) is 0 Å². The molecule has 0 aliphatic rings. The van der Waals surface area contributed by atoms with E-state index in [0.29, 0.717) is 0 Å². The Hall–Kier alpha value is 0.360. The van der Waals surface area contributed by atoms with Crippen molar-refractivity contribution >= 4 is 42.2 Å². The predicted octanol–water partition coefficient (Wildman–Crippen LogP) is 2.35. The fourth-order valence-corrected chi connectivity index (χ4v) is 1.00. The van der Waals surface area contributed by atoms with E-state index < -0.39 is 11.7 Å². The van der Waals surface area contributed by atoms with Crippen molar-refractivity contribution in [1.29, 1.82) is 0 Å². The van der Waals surface area contributed by atoms with Crippen molar-refractivity contribution in [3.8, 4) is 0 Å². The molecule has 0 aliphatic carbocycles. The molecule has 0 saturated carbocycles. The van der Waals surface area contributed by atoms with Gasteiger partial charge in [0.05, 0.1) is 5.56 Å². The summed E-state index contributed by atoms with van der Waals surface area (Å²) in [5.41, 5.74) is -0.691. The topological polar surface area (TPSA) is 0 Å². The summed E-state index contributed by atoms with van der Waals surface area (Å²) in [6.07, 6.45) is -4.29. The van der Waals surface area contributed by atoms with Gasteiger partial charge in [-0.3, -0.25) is 0 Å². The van der Waals surface area contributed by atoms with Crippen LogP contribution in [-0.4, -0.2) is 29.6 Å². The molecular weight excluding hydrogens is 196 g/mol. The number of hydrogen-bond donors (Lipinski definition) is 1. The Morgan fingerprint density at radius 2 is 1.58 bits per heavy atom. The number of halogens is 3. The minimum absolute atomic E-state index is 0. The van der Waals surface area contributed by atoms with Crippen molar-refractivity contribution in [3.05, 3.63) is 29.8 Å². The molecule has 0 aromatic heterocycles. The van der Waals surface area contributed by atoms with Crippen molar-refractivity contribution in [2.75, 3.05) is 0 Å². The summed E-state index contributed by atoms with van der Waals surface area (Å²) in [5.74, 6) is 0. The van der Waals surface area contributed by atoms with Gasteiger partial charge in [-0.25, -0.2) is 0 Å². The molecule has 1 aromatic carbocycles. The second-order valence-electron chi connectivity index (χ2n) is 2.01. The monoisotopic (exact) mass is 202 g/mol. The molecule has 0 bridgehead atoms. The molecule has 12 heavy (non-hydrogen) atoms. The zero-order valence-corrected chi connectivity index (χ0v) is 6.28. The molecule has 0 atom stereocenters. The van der Waals surface area contributed by atoms with Crippen molar-refractivity contribution in [2.45, 2.75) is 11.1 Å². The Balaban J connectivity index is 0.00000121. The van der Waals surface area contributed by atoms with E-state index in [9.17, 15) is 13.2 Å².